The molecule has 0 aliphatic carbocycles. The van der Waals surface area contributed by atoms with Crippen molar-refractivity contribution in [1.29, 1.82) is 0 Å². The zero-order valence-corrected chi connectivity index (χ0v) is 17.5. The van der Waals surface area contributed by atoms with Crippen molar-refractivity contribution < 1.29 is 14.5 Å². The predicted molar refractivity (Wildman–Crippen MR) is 120 cm³/mol. The number of non-ortho nitro benzene ring substituents is 1. The van der Waals surface area contributed by atoms with Crippen molar-refractivity contribution in [2.24, 2.45) is 0 Å². The molecule has 0 radical (unpaired) electrons. The monoisotopic (exact) mass is 447 g/mol. The van der Waals surface area contributed by atoms with E-state index in [0.717, 1.165) is 31.3 Å². The highest BCUT2D eigenvalue weighted by Crippen LogP contribution is 2.36. The Morgan fingerprint density at radius 3 is 2.52 bits per heavy atom. The minimum Gasteiger partial charge on any atom is -0.268 e. The van der Waals surface area contributed by atoms with Gasteiger partial charge in [0.1, 0.15) is 0 Å². The molecule has 2 heterocycles. The molecule has 1 aliphatic heterocycles. The molecular weight excluding hydrogens is 434 g/mol. The standard InChI is InChI=1S/C22H13N3O4S2/c26-20-16-8-6-15(25(28)29)10-17(16)21(27)24(20)14-7-9-18-19(11-14)31-22(23-18)30-12-13-4-2-1-3-5-13/h1-11H,12H2. The maximum Gasteiger partial charge on any atom is 0.270 e. The molecule has 31 heavy (non-hydrogen) atoms. The lowest BCUT2D eigenvalue weighted by atomic mass is 10.1. The van der Waals surface area contributed by atoms with Gasteiger partial charge in [-0.05, 0) is 29.8 Å². The number of nitro benzene ring substituents is 1. The van der Waals surface area contributed by atoms with Gasteiger partial charge in [0.15, 0.2) is 4.34 Å². The van der Waals surface area contributed by atoms with Gasteiger partial charge in [0.2, 0.25) is 0 Å². The number of carbonyl (C=O) groups excluding carboxylic acids is 2. The summed E-state index contributed by atoms with van der Waals surface area (Å²) in [4.78, 5) is 41.8. The third-order valence-electron chi connectivity index (χ3n) is 4.90. The van der Waals surface area contributed by atoms with Gasteiger partial charge in [-0.1, -0.05) is 42.1 Å². The van der Waals surface area contributed by atoms with Gasteiger partial charge in [-0.2, -0.15) is 0 Å². The number of rotatable bonds is 5. The number of nitro groups is 1. The number of hydrogen-bond donors (Lipinski definition) is 0. The molecule has 152 valence electrons. The van der Waals surface area contributed by atoms with E-state index < -0.39 is 16.7 Å². The summed E-state index contributed by atoms with van der Waals surface area (Å²) in [6.45, 7) is 0. The Morgan fingerprint density at radius 2 is 1.74 bits per heavy atom. The van der Waals surface area contributed by atoms with Crippen LogP contribution in [0.15, 0.2) is 71.1 Å². The fourth-order valence-electron chi connectivity index (χ4n) is 3.39. The summed E-state index contributed by atoms with van der Waals surface area (Å²) in [6.07, 6.45) is 0. The molecule has 4 aromatic rings. The average molecular weight is 447 g/mol. The van der Waals surface area contributed by atoms with Crippen LogP contribution in [0.4, 0.5) is 11.4 Å². The lowest BCUT2D eigenvalue weighted by molar-refractivity contribution is -0.384. The van der Waals surface area contributed by atoms with Gasteiger partial charge in [0, 0.05) is 17.9 Å². The van der Waals surface area contributed by atoms with Crippen molar-refractivity contribution in [2.45, 2.75) is 10.1 Å². The number of fused-ring (bicyclic) bond motifs is 2. The van der Waals surface area contributed by atoms with Crippen molar-refractivity contribution in [3.05, 3.63) is 93.5 Å². The van der Waals surface area contributed by atoms with E-state index in [-0.39, 0.29) is 16.8 Å². The molecule has 9 heteroatoms. The van der Waals surface area contributed by atoms with E-state index in [2.05, 4.69) is 17.1 Å². The SMILES string of the molecule is O=C1c2ccc([N+](=O)[O-])cc2C(=O)N1c1ccc2nc(SCc3ccccc3)sc2c1. The number of thiazole rings is 1. The smallest absolute Gasteiger partial charge is 0.268 e. The second-order valence-corrected chi connectivity index (χ2v) is 9.09. The Morgan fingerprint density at radius 1 is 0.968 bits per heavy atom. The number of anilines is 1. The van der Waals surface area contributed by atoms with E-state index in [0.29, 0.717) is 5.69 Å². The molecule has 5 rings (SSSR count). The number of thioether (sulfide) groups is 1. The Labute approximate surface area is 184 Å². The highest BCUT2D eigenvalue weighted by atomic mass is 32.2. The largest absolute Gasteiger partial charge is 0.270 e. The van der Waals surface area contributed by atoms with E-state index in [1.165, 1.54) is 29.0 Å². The second kappa shape index (κ2) is 7.60. The first-order valence-corrected chi connectivity index (χ1v) is 11.1. The molecule has 2 amide bonds. The van der Waals surface area contributed by atoms with Crippen LogP contribution in [0.3, 0.4) is 0 Å². The van der Waals surface area contributed by atoms with Crippen LogP contribution in [0.2, 0.25) is 0 Å². The maximum absolute atomic E-state index is 12.8. The highest BCUT2D eigenvalue weighted by Gasteiger charge is 2.38. The molecule has 0 fully saturated rings. The zero-order valence-electron chi connectivity index (χ0n) is 15.8. The number of imide groups is 1. The first-order chi connectivity index (χ1) is 15.0. The molecule has 0 atom stereocenters. The normalized spacial score (nSPS) is 13.1. The van der Waals surface area contributed by atoms with Crippen LogP contribution in [0.5, 0.6) is 0 Å². The van der Waals surface area contributed by atoms with E-state index >= 15 is 0 Å². The molecule has 0 saturated carbocycles. The van der Waals surface area contributed by atoms with Crippen molar-refractivity contribution in [2.75, 3.05) is 4.90 Å². The topological polar surface area (TPSA) is 93.4 Å². The summed E-state index contributed by atoms with van der Waals surface area (Å²) < 4.78 is 1.75. The number of carbonyl (C=O) groups is 2. The van der Waals surface area contributed by atoms with E-state index in [4.69, 9.17) is 0 Å². The van der Waals surface area contributed by atoms with Gasteiger partial charge in [-0.25, -0.2) is 9.88 Å². The molecule has 3 aromatic carbocycles. The van der Waals surface area contributed by atoms with Crippen LogP contribution in [-0.2, 0) is 5.75 Å². The quantitative estimate of drug-likeness (QED) is 0.178. The number of aromatic nitrogens is 1. The van der Waals surface area contributed by atoms with Crippen LogP contribution >= 0.6 is 23.1 Å². The Kier molecular flexibility index (Phi) is 4.76. The van der Waals surface area contributed by atoms with E-state index in [1.807, 2.05) is 18.2 Å². The molecule has 0 bridgehead atoms. The van der Waals surface area contributed by atoms with Gasteiger partial charge in [0.25, 0.3) is 17.5 Å². The third-order valence-corrected chi connectivity index (χ3v) is 7.13. The highest BCUT2D eigenvalue weighted by molar-refractivity contribution is 8.00. The lowest BCUT2D eigenvalue weighted by Crippen LogP contribution is -2.29. The second-order valence-electron chi connectivity index (χ2n) is 6.84. The molecule has 1 aliphatic rings. The van der Waals surface area contributed by atoms with Gasteiger partial charge in [0.05, 0.1) is 32.0 Å². The van der Waals surface area contributed by atoms with Crippen LogP contribution in [0, 0.1) is 10.1 Å². The molecule has 7 nitrogen and oxygen atoms in total. The number of nitrogens with zero attached hydrogens (tertiary/aromatic N) is 3. The van der Waals surface area contributed by atoms with Crippen LogP contribution in [0.1, 0.15) is 26.3 Å². The summed E-state index contributed by atoms with van der Waals surface area (Å²) in [5, 5.41) is 11.0. The fraction of sp³-hybridized carbons (Fsp3) is 0.0455. The molecule has 1 aromatic heterocycles. The Bertz CT molecular complexity index is 1370. The number of hydrogen-bond acceptors (Lipinski definition) is 7. The van der Waals surface area contributed by atoms with Crippen molar-refractivity contribution in [1.82, 2.24) is 4.98 Å². The van der Waals surface area contributed by atoms with E-state index in [9.17, 15) is 19.7 Å². The number of benzene rings is 3. The van der Waals surface area contributed by atoms with Crippen LogP contribution in [0.25, 0.3) is 10.2 Å². The van der Waals surface area contributed by atoms with Crippen molar-refractivity contribution in [3.8, 4) is 0 Å². The van der Waals surface area contributed by atoms with Crippen LogP contribution in [-0.4, -0.2) is 21.7 Å². The molecule has 0 spiro atoms. The van der Waals surface area contributed by atoms with Gasteiger partial charge >= 0.3 is 0 Å². The fourth-order valence-corrected chi connectivity index (χ4v) is 5.45. The van der Waals surface area contributed by atoms with E-state index in [1.54, 1.807) is 30.0 Å². The molecular formula is C22H13N3O4S2. The maximum atomic E-state index is 12.8. The minimum atomic E-state index is -0.585. The minimum absolute atomic E-state index is 0.0442. The Hall–Kier alpha value is -3.56. The van der Waals surface area contributed by atoms with Crippen LogP contribution < -0.4 is 4.90 Å². The molecule has 0 unspecified atom stereocenters. The molecule has 0 N–H and O–H groups in total. The third kappa shape index (κ3) is 3.47. The van der Waals surface area contributed by atoms with Gasteiger partial charge in [-0.15, -0.1) is 11.3 Å². The Balaban J connectivity index is 1.43. The van der Waals surface area contributed by atoms with Gasteiger partial charge in [-0.3, -0.25) is 19.7 Å². The average Bonchev–Trinajstić information content (AvgIpc) is 3.30. The summed E-state index contributed by atoms with van der Waals surface area (Å²) in [7, 11) is 0. The molecule has 0 saturated heterocycles. The lowest BCUT2D eigenvalue weighted by Gasteiger charge is -2.13. The predicted octanol–water partition coefficient (Wildman–Crippen LogP) is 5.30. The number of amides is 2. The van der Waals surface area contributed by atoms with Crippen molar-refractivity contribution in [3.63, 3.8) is 0 Å². The van der Waals surface area contributed by atoms with Gasteiger partial charge < -0.3 is 0 Å². The first-order valence-electron chi connectivity index (χ1n) is 9.26. The summed E-state index contributed by atoms with van der Waals surface area (Å²) in [5.41, 5.74) is 2.40. The zero-order chi connectivity index (χ0) is 21.5. The van der Waals surface area contributed by atoms with Crippen molar-refractivity contribution >= 4 is 56.5 Å². The summed E-state index contributed by atoms with van der Waals surface area (Å²) in [5.74, 6) is -0.256. The summed E-state index contributed by atoms with van der Waals surface area (Å²) in [6, 6.07) is 19.0. The first kappa shape index (κ1) is 19.4. The summed E-state index contributed by atoms with van der Waals surface area (Å²) >= 11 is 3.12.